The van der Waals surface area contributed by atoms with E-state index in [0.29, 0.717) is 23.6 Å². The van der Waals surface area contributed by atoms with Crippen molar-refractivity contribution >= 4 is 0 Å². The maximum absolute atomic E-state index is 11.9. The normalized spacial score (nSPS) is 12.7. The van der Waals surface area contributed by atoms with Gasteiger partial charge in [0.15, 0.2) is 11.5 Å². The van der Waals surface area contributed by atoms with E-state index in [2.05, 4.69) is 4.98 Å². The molecule has 2 heterocycles. The lowest BCUT2D eigenvalue weighted by Gasteiger charge is -2.10. The fourth-order valence-electron chi connectivity index (χ4n) is 2.14. The Balaban J connectivity index is 2.25. The third-order valence-electron chi connectivity index (χ3n) is 3.15. The van der Waals surface area contributed by atoms with Gasteiger partial charge in [0.25, 0.3) is 5.56 Å². The number of aromatic amines is 1. The molecule has 0 aliphatic carbocycles. The minimum Gasteiger partial charge on any atom is -0.494 e. The molecule has 1 aliphatic rings. The summed E-state index contributed by atoms with van der Waals surface area (Å²) in [5.41, 5.74) is -0.736. The van der Waals surface area contributed by atoms with Gasteiger partial charge in [-0.2, -0.15) is 0 Å². The van der Waals surface area contributed by atoms with Crippen LogP contribution in [0.15, 0.2) is 27.8 Å². The van der Waals surface area contributed by atoms with E-state index in [9.17, 15) is 14.7 Å². The maximum atomic E-state index is 11.9. The summed E-state index contributed by atoms with van der Waals surface area (Å²) in [4.78, 5) is 25.7. The van der Waals surface area contributed by atoms with Crippen LogP contribution in [0.3, 0.4) is 0 Å². The lowest BCUT2D eigenvalue weighted by Crippen LogP contribution is -2.31. The van der Waals surface area contributed by atoms with Crippen LogP contribution in [0.5, 0.6) is 17.4 Å². The second-order valence-electron chi connectivity index (χ2n) is 4.29. The topological polar surface area (TPSA) is 93.6 Å². The molecule has 2 aromatic rings. The first kappa shape index (κ1) is 12.3. The summed E-state index contributed by atoms with van der Waals surface area (Å²) in [6.07, 6.45) is 0.312. The largest absolute Gasteiger partial charge is 0.494 e. The highest BCUT2D eigenvalue weighted by molar-refractivity contribution is 5.51. The van der Waals surface area contributed by atoms with Crippen LogP contribution < -0.4 is 20.7 Å². The van der Waals surface area contributed by atoms with Crippen molar-refractivity contribution in [1.29, 1.82) is 0 Å². The summed E-state index contributed by atoms with van der Waals surface area (Å²) in [5, 5.41) is 10.1. The third-order valence-corrected chi connectivity index (χ3v) is 3.15. The van der Waals surface area contributed by atoms with E-state index in [1.165, 1.54) is 0 Å². The van der Waals surface area contributed by atoms with Crippen LogP contribution in [0.25, 0.3) is 5.69 Å². The molecule has 7 heteroatoms. The van der Waals surface area contributed by atoms with Gasteiger partial charge in [-0.25, -0.2) is 9.36 Å². The summed E-state index contributed by atoms with van der Waals surface area (Å²) in [7, 11) is 0. The standard InChI is InChI=1S/C13H12N2O5/c1-2-8-11(16)14-13(18)15(12(8)17)7-3-4-9-10(5-7)20-6-19-9/h3-5,17H,2,6H2,1H3,(H,14,16,18). The number of nitrogens with zero attached hydrogens (tertiary/aromatic N) is 1. The van der Waals surface area contributed by atoms with Crippen LogP contribution in [-0.2, 0) is 6.42 Å². The van der Waals surface area contributed by atoms with Crippen molar-refractivity contribution in [2.24, 2.45) is 0 Å². The number of hydrogen-bond acceptors (Lipinski definition) is 5. The fraction of sp³-hybridized carbons (Fsp3) is 0.231. The molecule has 1 aliphatic heterocycles. The Morgan fingerprint density at radius 3 is 2.80 bits per heavy atom. The zero-order chi connectivity index (χ0) is 14.3. The molecule has 0 bridgehead atoms. The van der Waals surface area contributed by atoms with E-state index in [0.717, 1.165) is 4.57 Å². The van der Waals surface area contributed by atoms with Crippen molar-refractivity contribution in [3.8, 4) is 23.1 Å². The fourth-order valence-corrected chi connectivity index (χ4v) is 2.14. The Morgan fingerprint density at radius 1 is 1.30 bits per heavy atom. The minimum atomic E-state index is -0.705. The number of nitrogens with one attached hydrogen (secondary N) is 1. The van der Waals surface area contributed by atoms with Gasteiger partial charge >= 0.3 is 5.69 Å². The molecule has 0 saturated heterocycles. The first-order chi connectivity index (χ1) is 9.61. The van der Waals surface area contributed by atoms with Gasteiger partial charge in [0.1, 0.15) is 0 Å². The van der Waals surface area contributed by atoms with Gasteiger partial charge in [0.2, 0.25) is 12.7 Å². The molecule has 0 radical (unpaired) electrons. The third kappa shape index (κ3) is 1.75. The van der Waals surface area contributed by atoms with E-state index < -0.39 is 11.2 Å². The molecule has 0 atom stereocenters. The van der Waals surface area contributed by atoms with E-state index in [1.807, 2.05) is 0 Å². The Labute approximate surface area is 113 Å². The van der Waals surface area contributed by atoms with E-state index in [1.54, 1.807) is 25.1 Å². The van der Waals surface area contributed by atoms with Gasteiger partial charge in [0.05, 0.1) is 11.3 Å². The van der Waals surface area contributed by atoms with Crippen LogP contribution in [-0.4, -0.2) is 21.5 Å². The van der Waals surface area contributed by atoms with E-state index >= 15 is 0 Å². The summed E-state index contributed by atoms with van der Waals surface area (Å²) in [5.74, 6) is 0.694. The van der Waals surface area contributed by atoms with Crippen molar-refractivity contribution in [2.45, 2.75) is 13.3 Å². The van der Waals surface area contributed by atoms with Gasteiger partial charge in [-0.3, -0.25) is 9.78 Å². The first-order valence-electron chi connectivity index (χ1n) is 6.09. The van der Waals surface area contributed by atoms with Crippen LogP contribution in [0, 0.1) is 0 Å². The lowest BCUT2D eigenvalue weighted by molar-refractivity contribution is 0.174. The second kappa shape index (κ2) is 4.44. The highest BCUT2D eigenvalue weighted by Gasteiger charge is 2.18. The Morgan fingerprint density at radius 2 is 2.05 bits per heavy atom. The number of H-pyrrole nitrogens is 1. The first-order valence-corrected chi connectivity index (χ1v) is 6.09. The van der Waals surface area contributed by atoms with Gasteiger partial charge in [-0.05, 0) is 18.6 Å². The number of ether oxygens (including phenoxy) is 2. The molecular weight excluding hydrogens is 264 g/mol. The van der Waals surface area contributed by atoms with Crippen molar-refractivity contribution in [3.63, 3.8) is 0 Å². The summed E-state index contributed by atoms with van der Waals surface area (Å²) >= 11 is 0. The molecule has 0 unspecified atom stereocenters. The predicted molar refractivity (Wildman–Crippen MR) is 69.8 cm³/mol. The summed E-state index contributed by atoms with van der Waals surface area (Å²) in [6, 6.07) is 4.81. The molecule has 7 nitrogen and oxygen atoms in total. The molecule has 20 heavy (non-hydrogen) atoms. The van der Waals surface area contributed by atoms with Crippen molar-refractivity contribution in [1.82, 2.24) is 9.55 Å². The van der Waals surface area contributed by atoms with Gasteiger partial charge in [-0.15, -0.1) is 0 Å². The molecule has 0 spiro atoms. The van der Waals surface area contributed by atoms with E-state index in [4.69, 9.17) is 9.47 Å². The Bertz CT molecular complexity index is 790. The number of hydrogen-bond donors (Lipinski definition) is 2. The number of benzene rings is 1. The SMILES string of the molecule is CCc1c(O)n(-c2ccc3c(c2)OCO3)c(=O)[nH]c1=O. The monoisotopic (exact) mass is 276 g/mol. The maximum Gasteiger partial charge on any atom is 0.335 e. The summed E-state index contributed by atoms with van der Waals surface area (Å²) < 4.78 is 11.4. The smallest absolute Gasteiger partial charge is 0.335 e. The molecule has 1 aromatic carbocycles. The van der Waals surface area contributed by atoms with Crippen LogP contribution in [0.4, 0.5) is 0 Å². The van der Waals surface area contributed by atoms with Crippen molar-refractivity contribution in [2.75, 3.05) is 6.79 Å². The molecule has 2 N–H and O–H groups in total. The highest BCUT2D eigenvalue weighted by atomic mass is 16.7. The zero-order valence-electron chi connectivity index (χ0n) is 10.7. The number of rotatable bonds is 2. The highest BCUT2D eigenvalue weighted by Crippen LogP contribution is 2.34. The molecule has 0 fully saturated rings. The molecule has 0 amide bonds. The molecule has 104 valence electrons. The Hall–Kier alpha value is -2.70. The average Bonchev–Trinajstić information content (AvgIpc) is 2.86. The molecule has 0 saturated carbocycles. The molecule has 1 aromatic heterocycles. The van der Waals surface area contributed by atoms with Gasteiger partial charge < -0.3 is 14.6 Å². The van der Waals surface area contributed by atoms with Crippen LogP contribution >= 0.6 is 0 Å². The van der Waals surface area contributed by atoms with Gasteiger partial charge in [0, 0.05) is 6.07 Å². The van der Waals surface area contributed by atoms with Crippen molar-refractivity contribution < 1.29 is 14.6 Å². The average molecular weight is 276 g/mol. The quantitative estimate of drug-likeness (QED) is 0.834. The predicted octanol–water partition coefficient (Wildman–Crippen LogP) is 0.522. The van der Waals surface area contributed by atoms with E-state index in [-0.39, 0.29) is 18.2 Å². The minimum absolute atomic E-state index is 0.117. The second-order valence-corrected chi connectivity index (χ2v) is 4.29. The van der Waals surface area contributed by atoms with Gasteiger partial charge in [-0.1, -0.05) is 6.92 Å². The molecule has 3 rings (SSSR count). The lowest BCUT2D eigenvalue weighted by atomic mass is 10.2. The van der Waals surface area contributed by atoms with Crippen LogP contribution in [0.2, 0.25) is 0 Å². The number of aromatic hydroxyl groups is 1. The molecular formula is C13H12N2O5. The summed E-state index contributed by atoms with van der Waals surface area (Å²) in [6.45, 7) is 1.84. The van der Waals surface area contributed by atoms with Crippen molar-refractivity contribution in [3.05, 3.63) is 44.6 Å². The Kier molecular flexibility index (Phi) is 2.74. The number of aromatic nitrogens is 2. The van der Waals surface area contributed by atoms with Crippen LogP contribution in [0.1, 0.15) is 12.5 Å². The number of fused-ring (bicyclic) bond motifs is 1. The zero-order valence-corrected chi connectivity index (χ0v) is 10.7.